The van der Waals surface area contributed by atoms with E-state index in [-0.39, 0.29) is 32.0 Å². The minimum Gasteiger partial charge on any atom is -0.491 e. The molecule has 0 aliphatic carbocycles. The van der Waals surface area contributed by atoms with Gasteiger partial charge in [-0.15, -0.1) is 0 Å². The van der Waals surface area contributed by atoms with E-state index in [9.17, 15) is 14.7 Å². The third-order valence-corrected chi connectivity index (χ3v) is 4.88. The fraction of sp³-hybridized carbons (Fsp3) is 0.417. The summed E-state index contributed by atoms with van der Waals surface area (Å²) < 4.78 is 22.5. The van der Waals surface area contributed by atoms with Crippen molar-refractivity contribution >= 4 is 30.4 Å². The number of rotatable bonds is 13. The highest BCUT2D eigenvalue weighted by Gasteiger charge is 2.30. The van der Waals surface area contributed by atoms with Gasteiger partial charge in [0.15, 0.2) is 6.10 Å². The second-order valence-electron chi connectivity index (χ2n) is 7.09. The molecule has 8 nitrogen and oxygen atoms in total. The molecule has 0 bridgehead atoms. The number of benzene rings is 2. The Morgan fingerprint density at radius 1 is 1.09 bits per heavy atom. The van der Waals surface area contributed by atoms with E-state index in [1.54, 1.807) is 36.4 Å². The van der Waals surface area contributed by atoms with Crippen LogP contribution in [-0.4, -0.2) is 55.5 Å². The van der Waals surface area contributed by atoms with Crippen LogP contribution < -0.4 is 10.1 Å². The number of hydrogen-bond donors (Lipinski definition) is 3. The molecule has 1 amide bonds. The molecule has 2 N–H and O–H groups in total. The van der Waals surface area contributed by atoms with Gasteiger partial charge < -0.3 is 24.1 Å². The van der Waals surface area contributed by atoms with E-state index in [4.69, 9.17) is 18.9 Å². The highest BCUT2D eigenvalue weighted by molar-refractivity contribution is 7.81. The average Bonchev–Trinajstić information content (AvgIpc) is 2.82. The van der Waals surface area contributed by atoms with E-state index in [1.165, 1.54) is 0 Å². The number of ether oxygens (including phenoxy) is 4. The topological polar surface area (TPSA) is 103 Å². The molecule has 0 saturated heterocycles. The molecule has 0 unspecified atom stereocenters. The smallest absolute Gasteiger partial charge is 0.412 e. The third kappa shape index (κ3) is 8.95. The van der Waals surface area contributed by atoms with Gasteiger partial charge in [-0.2, -0.15) is 12.6 Å². The Bertz CT molecular complexity index is 875. The van der Waals surface area contributed by atoms with Crippen LogP contribution >= 0.6 is 12.6 Å². The Hall–Kier alpha value is -2.75. The minimum atomic E-state index is -0.861. The van der Waals surface area contributed by atoms with Crippen LogP contribution in [0.3, 0.4) is 0 Å². The van der Waals surface area contributed by atoms with Gasteiger partial charge in [0, 0.05) is 24.3 Å². The summed E-state index contributed by atoms with van der Waals surface area (Å²) in [6, 6.07) is 14.4. The molecule has 0 fully saturated rings. The second kappa shape index (κ2) is 14.4. The number of amides is 1. The minimum absolute atomic E-state index is 0.0317. The second-order valence-corrected chi connectivity index (χ2v) is 7.40. The third-order valence-electron chi connectivity index (χ3n) is 4.62. The molecule has 2 rings (SSSR count). The number of aryl methyl sites for hydroxylation is 1. The van der Waals surface area contributed by atoms with Gasteiger partial charge in [0.1, 0.15) is 18.5 Å². The van der Waals surface area contributed by atoms with E-state index in [0.29, 0.717) is 23.6 Å². The van der Waals surface area contributed by atoms with Crippen LogP contribution in [-0.2, 0) is 19.0 Å². The van der Waals surface area contributed by atoms with Gasteiger partial charge in [-0.25, -0.2) is 4.79 Å². The number of carbonyl (C=O) groups excluding carboxylic acids is 2. The van der Waals surface area contributed by atoms with Crippen LogP contribution in [0.5, 0.6) is 5.75 Å². The summed E-state index contributed by atoms with van der Waals surface area (Å²) >= 11 is 3.90. The highest BCUT2D eigenvalue weighted by Crippen LogP contribution is 2.33. The molecule has 0 heterocycles. The van der Waals surface area contributed by atoms with E-state index in [2.05, 4.69) is 17.9 Å². The van der Waals surface area contributed by atoms with Crippen molar-refractivity contribution in [1.82, 2.24) is 0 Å². The monoisotopic (exact) mass is 477 g/mol. The number of anilines is 1. The standard InChI is InChI=1S/C24H31NO7S/c1-3-29-21(12-14-31-22(27)16-33)23(19-6-4-5-7-20(19)30-15-13-26)32-24(28)25-18-10-8-17(2)9-11-18/h4-11,21,23,26,33H,3,12-16H2,1-2H3,(H,25,28)/t21-,23-/m1/s1. The van der Waals surface area contributed by atoms with Gasteiger partial charge in [-0.3, -0.25) is 10.1 Å². The van der Waals surface area contributed by atoms with Crippen LogP contribution in [0.4, 0.5) is 10.5 Å². The lowest BCUT2D eigenvalue weighted by Gasteiger charge is -2.28. The Morgan fingerprint density at radius 2 is 1.82 bits per heavy atom. The zero-order chi connectivity index (χ0) is 24.1. The number of carbonyl (C=O) groups is 2. The predicted molar refractivity (Wildman–Crippen MR) is 128 cm³/mol. The van der Waals surface area contributed by atoms with Crippen molar-refractivity contribution in [1.29, 1.82) is 0 Å². The zero-order valence-corrected chi connectivity index (χ0v) is 19.8. The fourth-order valence-corrected chi connectivity index (χ4v) is 3.20. The molecule has 0 saturated carbocycles. The lowest BCUT2D eigenvalue weighted by molar-refractivity contribution is -0.142. The van der Waals surface area contributed by atoms with Crippen molar-refractivity contribution in [2.24, 2.45) is 0 Å². The van der Waals surface area contributed by atoms with Crippen LogP contribution in [0, 0.1) is 6.92 Å². The Labute approximate surface area is 199 Å². The van der Waals surface area contributed by atoms with Gasteiger partial charge >= 0.3 is 12.1 Å². The van der Waals surface area contributed by atoms with Crippen LogP contribution in [0.25, 0.3) is 0 Å². The first-order chi connectivity index (χ1) is 16.0. The summed E-state index contributed by atoms with van der Waals surface area (Å²) in [5.74, 6) is -0.0256. The van der Waals surface area contributed by atoms with E-state index < -0.39 is 24.3 Å². The number of esters is 1. The lowest BCUT2D eigenvalue weighted by atomic mass is 10.0. The Balaban J connectivity index is 2.28. The maximum absolute atomic E-state index is 12.8. The molecular formula is C24H31NO7S. The molecular weight excluding hydrogens is 446 g/mol. The summed E-state index contributed by atoms with van der Waals surface area (Å²) in [7, 11) is 0. The molecule has 180 valence electrons. The summed E-state index contributed by atoms with van der Waals surface area (Å²) in [6.45, 7) is 4.12. The van der Waals surface area contributed by atoms with Gasteiger partial charge in [0.25, 0.3) is 0 Å². The van der Waals surface area contributed by atoms with Gasteiger partial charge in [-0.05, 0) is 32.0 Å². The number of aliphatic hydroxyl groups is 1. The fourth-order valence-electron chi connectivity index (χ4n) is 3.11. The number of para-hydroxylation sites is 1. The number of thiol groups is 1. The van der Waals surface area contributed by atoms with Crippen LogP contribution in [0.2, 0.25) is 0 Å². The van der Waals surface area contributed by atoms with Crippen molar-refractivity contribution in [3.63, 3.8) is 0 Å². The molecule has 2 aromatic rings. The van der Waals surface area contributed by atoms with Crippen molar-refractivity contribution in [2.45, 2.75) is 32.5 Å². The zero-order valence-electron chi connectivity index (χ0n) is 18.9. The number of aliphatic hydroxyl groups excluding tert-OH is 1. The SMILES string of the molecule is CCO[C@H](CCOC(=O)CS)[C@H](OC(=O)Nc1ccc(C)cc1)c1ccccc1OCCO. The molecule has 0 spiro atoms. The van der Waals surface area contributed by atoms with Crippen molar-refractivity contribution < 1.29 is 33.6 Å². The highest BCUT2D eigenvalue weighted by atomic mass is 32.1. The quantitative estimate of drug-likeness (QED) is 0.297. The van der Waals surface area contributed by atoms with E-state index >= 15 is 0 Å². The Kier molecular flexibility index (Phi) is 11.6. The molecule has 0 aliphatic heterocycles. The molecule has 33 heavy (non-hydrogen) atoms. The molecule has 0 aliphatic rings. The normalized spacial score (nSPS) is 12.5. The van der Waals surface area contributed by atoms with Crippen molar-refractivity contribution in [3.05, 3.63) is 59.7 Å². The van der Waals surface area contributed by atoms with Crippen molar-refractivity contribution in [3.8, 4) is 5.75 Å². The molecule has 0 radical (unpaired) electrons. The van der Waals surface area contributed by atoms with Crippen LogP contribution in [0.1, 0.15) is 30.6 Å². The summed E-state index contributed by atoms with van der Waals surface area (Å²) in [6.07, 6.45) is -1.87. The van der Waals surface area contributed by atoms with E-state index in [1.807, 2.05) is 26.0 Å². The number of nitrogens with one attached hydrogen (secondary N) is 1. The molecule has 2 atom stereocenters. The summed E-state index contributed by atoms with van der Waals surface area (Å²) in [4.78, 5) is 24.3. The molecule has 2 aromatic carbocycles. The number of hydrogen-bond acceptors (Lipinski definition) is 8. The molecule has 9 heteroatoms. The average molecular weight is 478 g/mol. The first kappa shape index (κ1) is 26.5. The first-order valence-corrected chi connectivity index (χ1v) is 11.4. The van der Waals surface area contributed by atoms with E-state index in [0.717, 1.165) is 5.56 Å². The predicted octanol–water partition coefficient (Wildman–Crippen LogP) is 3.92. The van der Waals surface area contributed by atoms with Gasteiger partial charge in [-0.1, -0.05) is 35.9 Å². The summed E-state index contributed by atoms with van der Waals surface area (Å²) in [5, 5.41) is 11.9. The Morgan fingerprint density at radius 3 is 2.48 bits per heavy atom. The maximum atomic E-state index is 12.8. The maximum Gasteiger partial charge on any atom is 0.412 e. The van der Waals surface area contributed by atoms with Crippen LogP contribution in [0.15, 0.2) is 48.5 Å². The molecule has 0 aromatic heterocycles. The largest absolute Gasteiger partial charge is 0.491 e. The van der Waals surface area contributed by atoms with Gasteiger partial charge in [0.2, 0.25) is 0 Å². The van der Waals surface area contributed by atoms with Crippen molar-refractivity contribution in [2.75, 3.05) is 37.5 Å². The lowest BCUT2D eigenvalue weighted by Crippen LogP contribution is -2.30. The summed E-state index contributed by atoms with van der Waals surface area (Å²) in [5.41, 5.74) is 2.22. The van der Waals surface area contributed by atoms with Gasteiger partial charge in [0.05, 0.1) is 19.0 Å². The first-order valence-electron chi connectivity index (χ1n) is 10.7.